The number of benzene rings is 2. The van der Waals surface area contributed by atoms with Crippen LogP contribution in [0, 0.1) is 0 Å². The average molecular weight is 419 g/mol. The van der Waals surface area contributed by atoms with Gasteiger partial charge in [-0.3, -0.25) is 4.79 Å². The van der Waals surface area contributed by atoms with Crippen LogP contribution in [0.3, 0.4) is 0 Å². The van der Waals surface area contributed by atoms with Crippen molar-refractivity contribution in [3.05, 3.63) is 59.2 Å². The Morgan fingerprint density at radius 1 is 0.966 bits per heavy atom. The molecule has 0 saturated carbocycles. The highest BCUT2D eigenvalue weighted by Gasteiger charge is 2.25. The molecule has 156 valence electrons. The van der Waals surface area contributed by atoms with Gasteiger partial charge in [-0.05, 0) is 48.2 Å². The van der Waals surface area contributed by atoms with Gasteiger partial charge in [-0.25, -0.2) is 12.7 Å². The van der Waals surface area contributed by atoms with Gasteiger partial charge < -0.3 is 14.8 Å². The molecule has 7 nitrogen and oxygen atoms in total. The maximum atomic E-state index is 12.4. The third kappa shape index (κ3) is 5.27. The summed E-state index contributed by atoms with van der Waals surface area (Å²) in [6.45, 7) is 1.53. The molecule has 0 aromatic heterocycles. The lowest BCUT2D eigenvalue weighted by Crippen LogP contribution is -2.29. The maximum absolute atomic E-state index is 12.4. The fourth-order valence-electron chi connectivity index (χ4n) is 3.30. The lowest BCUT2D eigenvalue weighted by molar-refractivity contribution is 0.0951. The first kappa shape index (κ1) is 21.1. The van der Waals surface area contributed by atoms with E-state index >= 15 is 0 Å². The highest BCUT2D eigenvalue weighted by molar-refractivity contribution is 7.88. The lowest BCUT2D eigenvalue weighted by atomic mass is 10.1. The van der Waals surface area contributed by atoms with E-state index in [2.05, 4.69) is 5.32 Å². The normalized spacial score (nSPS) is 14.6. The van der Waals surface area contributed by atoms with E-state index in [1.165, 1.54) is 4.31 Å². The van der Waals surface area contributed by atoms with Crippen LogP contribution in [0.2, 0.25) is 0 Å². The largest absolute Gasteiger partial charge is 0.493 e. The van der Waals surface area contributed by atoms with Crippen molar-refractivity contribution in [3.8, 4) is 11.5 Å². The van der Waals surface area contributed by atoms with Crippen LogP contribution in [0.25, 0.3) is 0 Å². The minimum absolute atomic E-state index is 0.0411. The number of rotatable bonds is 8. The van der Waals surface area contributed by atoms with Gasteiger partial charge in [-0.1, -0.05) is 18.2 Å². The Morgan fingerprint density at radius 3 is 2.21 bits per heavy atom. The summed E-state index contributed by atoms with van der Waals surface area (Å²) in [5.41, 5.74) is 2.03. The van der Waals surface area contributed by atoms with Crippen molar-refractivity contribution in [2.45, 2.75) is 25.1 Å². The van der Waals surface area contributed by atoms with Gasteiger partial charge in [0.1, 0.15) is 0 Å². The van der Waals surface area contributed by atoms with E-state index in [0.29, 0.717) is 42.3 Å². The molecule has 2 aromatic rings. The van der Waals surface area contributed by atoms with Crippen LogP contribution in [0.5, 0.6) is 11.5 Å². The number of carbonyl (C=O) groups excluding carboxylic acids is 1. The second-order valence-corrected chi connectivity index (χ2v) is 8.90. The van der Waals surface area contributed by atoms with E-state index in [9.17, 15) is 13.2 Å². The van der Waals surface area contributed by atoms with Gasteiger partial charge in [-0.2, -0.15) is 0 Å². The van der Waals surface area contributed by atoms with Gasteiger partial charge in [0, 0.05) is 25.2 Å². The highest BCUT2D eigenvalue weighted by atomic mass is 32.2. The van der Waals surface area contributed by atoms with Crippen LogP contribution in [-0.4, -0.2) is 45.9 Å². The van der Waals surface area contributed by atoms with Crippen LogP contribution in [-0.2, 0) is 22.3 Å². The molecule has 1 amide bonds. The molecule has 3 rings (SSSR count). The summed E-state index contributed by atoms with van der Waals surface area (Å²) in [6.07, 6.45) is 1.83. The molecule has 0 aliphatic carbocycles. The van der Waals surface area contributed by atoms with Gasteiger partial charge in [0.15, 0.2) is 11.5 Å². The van der Waals surface area contributed by atoms with Crippen LogP contribution < -0.4 is 14.8 Å². The first-order valence-electron chi connectivity index (χ1n) is 9.49. The van der Waals surface area contributed by atoms with Crippen molar-refractivity contribution >= 4 is 15.9 Å². The van der Waals surface area contributed by atoms with E-state index in [1.807, 2.05) is 12.1 Å². The molecule has 2 aromatic carbocycles. The molecule has 0 unspecified atom stereocenters. The van der Waals surface area contributed by atoms with Crippen LogP contribution in [0.4, 0.5) is 0 Å². The number of carbonyl (C=O) groups is 1. The lowest BCUT2D eigenvalue weighted by Gasteiger charge is -2.15. The Hall–Kier alpha value is -2.58. The second kappa shape index (κ2) is 9.28. The van der Waals surface area contributed by atoms with Crippen LogP contribution in [0.1, 0.15) is 34.3 Å². The fourth-order valence-corrected chi connectivity index (χ4v) is 4.91. The minimum atomic E-state index is -3.29. The smallest absolute Gasteiger partial charge is 0.251 e. The summed E-state index contributed by atoms with van der Waals surface area (Å²) in [5.74, 6) is 0.958. The second-order valence-electron chi connectivity index (χ2n) is 6.93. The zero-order chi connectivity index (χ0) is 20.9. The number of hydrogen-bond donors (Lipinski definition) is 1. The highest BCUT2D eigenvalue weighted by Crippen LogP contribution is 2.27. The van der Waals surface area contributed by atoms with Gasteiger partial charge in [0.25, 0.3) is 5.91 Å². The Kier molecular flexibility index (Phi) is 6.76. The number of sulfonamides is 1. The average Bonchev–Trinajstić information content (AvgIpc) is 3.28. The van der Waals surface area contributed by atoms with Crippen LogP contribution >= 0.6 is 0 Å². The van der Waals surface area contributed by atoms with Crippen LogP contribution in [0.15, 0.2) is 42.5 Å². The van der Waals surface area contributed by atoms with E-state index in [1.54, 1.807) is 44.6 Å². The molecular weight excluding hydrogens is 392 g/mol. The van der Waals surface area contributed by atoms with Gasteiger partial charge >= 0.3 is 0 Å². The molecular formula is C21H26N2O5S. The number of nitrogens with zero attached hydrogens (tertiary/aromatic N) is 1. The van der Waals surface area contributed by atoms with Crippen molar-refractivity contribution in [2.75, 3.05) is 27.3 Å². The summed E-state index contributed by atoms with van der Waals surface area (Å²) >= 11 is 0. The summed E-state index contributed by atoms with van der Waals surface area (Å²) < 4.78 is 36.8. The molecule has 1 saturated heterocycles. The van der Waals surface area contributed by atoms with Crippen molar-refractivity contribution in [3.63, 3.8) is 0 Å². The summed E-state index contributed by atoms with van der Waals surface area (Å²) in [7, 11) is -0.164. The molecule has 0 bridgehead atoms. The summed E-state index contributed by atoms with van der Waals surface area (Å²) in [4.78, 5) is 12.4. The molecule has 1 aliphatic heterocycles. The minimum Gasteiger partial charge on any atom is -0.493 e. The van der Waals surface area contributed by atoms with Crippen molar-refractivity contribution < 1.29 is 22.7 Å². The number of ether oxygens (including phenoxy) is 2. The number of amides is 1. The predicted molar refractivity (Wildman–Crippen MR) is 111 cm³/mol. The Labute approximate surface area is 171 Å². The van der Waals surface area contributed by atoms with Crippen molar-refractivity contribution in [1.82, 2.24) is 9.62 Å². The predicted octanol–water partition coefficient (Wildman–Crippen LogP) is 2.56. The molecule has 0 spiro atoms. The first-order valence-corrected chi connectivity index (χ1v) is 11.1. The quantitative estimate of drug-likeness (QED) is 0.712. The zero-order valence-corrected chi connectivity index (χ0v) is 17.5. The number of hydrogen-bond acceptors (Lipinski definition) is 5. The zero-order valence-electron chi connectivity index (χ0n) is 16.7. The molecule has 0 atom stereocenters. The number of nitrogens with one attached hydrogen (secondary N) is 1. The molecule has 8 heteroatoms. The van der Waals surface area contributed by atoms with Gasteiger partial charge in [0.05, 0.1) is 20.0 Å². The molecule has 1 N–H and O–H groups in total. The fraction of sp³-hybridized carbons (Fsp3) is 0.381. The monoisotopic (exact) mass is 418 g/mol. The molecule has 29 heavy (non-hydrogen) atoms. The standard InChI is InChI=1S/C21H26N2O5S/c1-27-19-10-7-17(13-20(19)28-2)14-22-21(24)18-8-5-16(6-9-18)15-29(25,26)23-11-3-4-12-23/h5-10,13H,3-4,11-12,14-15H2,1-2H3,(H,22,24). The third-order valence-corrected chi connectivity index (χ3v) is 6.77. The van der Waals surface area contributed by atoms with Crippen molar-refractivity contribution in [2.24, 2.45) is 0 Å². The van der Waals surface area contributed by atoms with Gasteiger partial charge in [0.2, 0.25) is 10.0 Å². The van der Waals surface area contributed by atoms with E-state index in [4.69, 9.17) is 9.47 Å². The maximum Gasteiger partial charge on any atom is 0.251 e. The molecule has 1 heterocycles. The summed E-state index contributed by atoms with van der Waals surface area (Å²) in [5, 5.41) is 2.85. The molecule has 0 radical (unpaired) electrons. The molecule has 1 fully saturated rings. The Balaban J connectivity index is 1.59. The summed E-state index contributed by atoms with van der Waals surface area (Å²) in [6, 6.07) is 12.1. The number of methoxy groups -OCH3 is 2. The van der Waals surface area contributed by atoms with E-state index in [-0.39, 0.29) is 11.7 Å². The topological polar surface area (TPSA) is 84.9 Å². The van der Waals surface area contributed by atoms with E-state index < -0.39 is 10.0 Å². The van der Waals surface area contributed by atoms with Gasteiger partial charge in [-0.15, -0.1) is 0 Å². The first-order chi connectivity index (χ1) is 13.9. The molecule has 1 aliphatic rings. The third-order valence-electron chi connectivity index (χ3n) is 4.92. The Bertz CT molecular complexity index is 952. The Morgan fingerprint density at radius 2 is 1.59 bits per heavy atom. The van der Waals surface area contributed by atoms with E-state index in [0.717, 1.165) is 18.4 Å². The SMILES string of the molecule is COc1ccc(CNC(=O)c2ccc(CS(=O)(=O)N3CCCC3)cc2)cc1OC. The van der Waals surface area contributed by atoms with Crippen molar-refractivity contribution in [1.29, 1.82) is 0 Å².